The highest BCUT2D eigenvalue weighted by molar-refractivity contribution is 6.01. The van der Waals surface area contributed by atoms with Gasteiger partial charge in [-0.25, -0.2) is 4.39 Å². The van der Waals surface area contributed by atoms with Crippen LogP contribution in [0.25, 0.3) is 6.08 Å². The maximum Gasteiger partial charge on any atom is 0.262 e. The summed E-state index contributed by atoms with van der Waals surface area (Å²) in [4.78, 5) is 12.5. The minimum absolute atomic E-state index is 0.0102. The Hall–Kier alpha value is -3.91. The van der Waals surface area contributed by atoms with Crippen molar-refractivity contribution in [2.45, 2.75) is 19.6 Å². The number of carbonyl (C=O) groups is 1. The molecule has 1 amide bonds. The van der Waals surface area contributed by atoms with Crippen LogP contribution in [0.15, 0.2) is 84.4 Å². The average Bonchev–Trinajstić information content (AvgIpc) is 2.77. The SMILES string of the molecule is C[C@@H](NC(=O)/C(C#N)=C\c1cccc(OCc2ccccc2F)c1)c1ccccc1. The van der Waals surface area contributed by atoms with Gasteiger partial charge in [-0.15, -0.1) is 0 Å². The average molecular weight is 400 g/mol. The number of nitrogens with one attached hydrogen (secondary N) is 1. The van der Waals surface area contributed by atoms with Crippen molar-refractivity contribution in [2.75, 3.05) is 0 Å². The summed E-state index contributed by atoms with van der Waals surface area (Å²) in [7, 11) is 0. The van der Waals surface area contributed by atoms with Crippen molar-refractivity contribution >= 4 is 12.0 Å². The molecule has 3 aromatic carbocycles. The third-order valence-corrected chi connectivity index (χ3v) is 4.53. The van der Waals surface area contributed by atoms with Gasteiger partial charge in [-0.3, -0.25) is 4.79 Å². The first-order valence-corrected chi connectivity index (χ1v) is 9.50. The van der Waals surface area contributed by atoms with Gasteiger partial charge in [0.15, 0.2) is 0 Å². The molecule has 0 unspecified atom stereocenters. The van der Waals surface area contributed by atoms with E-state index in [0.29, 0.717) is 16.9 Å². The van der Waals surface area contributed by atoms with Gasteiger partial charge >= 0.3 is 0 Å². The molecule has 0 fully saturated rings. The Morgan fingerprint density at radius 3 is 2.57 bits per heavy atom. The Kier molecular flexibility index (Phi) is 6.96. The first-order valence-electron chi connectivity index (χ1n) is 9.50. The van der Waals surface area contributed by atoms with E-state index in [0.717, 1.165) is 5.56 Å². The van der Waals surface area contributed by atoms with Crippen LogP contribution in [-0.2, 0) is 11.4 Å². The van der Waals surface area contributed by atoms with Crippen molar-refractivity contribution < 1.29 is 13.9 Å². The van der Waals surface area contributed by atoms with Gasteiger partial charge in [0.05, 0.1) is 6.04 Å². The van der Waals surface area contributed by atoms with E-state index in [2.05, 4.69) is 5.32 Å². The topological polar surface area (TPSA) is 62.1 Å². The third-order valence-electron chi connectivity index (χ3n) is 4.53. The number of rotatable bonds is 7. The van der Waals surface area contributed by atoms with Gasteiger partial charge in [-0.2, -0.15) is 5.26 Å². The fraction of sp³-hybridized carbons (Fsp3) is 0.120. The fourth-order valence-electron chi connectivity index (χ4n) is 2.89. The standard InChI is InChI=1S/C25H21FN2O2/c1-18(20-9-3-2-4-10-20)28-25(29)22(16-27)14-19-8-7-12-23(15-19)30-17-21-11-5-6-13-24(21)26/h2-15,18H,17H2,1H3,(H,28,29)/b22-14-/t18-/m1/s1. The Bertz CT molecular complexity index is 1090. The summed E-state index contributed by atoms with van der Waals surface area (Å²) < 4.78 is 19.4. The molecule has 0 saturated carbocycles. The summed E-state index contributed by atoms with van der Waals surface area (Å²) in [6.07, 6.45) is 1.50. The zero-order valence-electron chi connectivity index (χ0n) is 16.5. The Morgan fingerprint density at radius 2 is 1.83 bits per heavy atom. The molecular formula is C25H21FN2O2. The fourth-order valence-corrected chi connectivity index (χ4v) is 2.89. The smallest absolute Gasteiger partial charge is 0.262 e. The molecule has 0 radical (unpaired) electrons. The largest absolute Gasteiger partial charge is 0.489 e. The predicted molar refractivity (Wildman–Crippen MR) is 114 cm³/mol. The van der Waals surface area contributed by atoms with Crippen LogP contribution in [0.2, 0.25) is 0 Å². The Labute approximate surface area is 175 Å². The van der Waals surface area contributed by atoms with Crippen molar-refractivity contribution in [2.24, 2.45) is 0 Å². The molecule has 1 atom stereocenters. The van der Waals surface area contributed by atoms with E-state index in [1.165, 1.54) is 12.1 Å². The number of nitrogens with zero attached hydrogens (tertiary/aromatic N) is 1. The second-order valence-electron chi connectivity index (χ2n) is 6.73. The molecule has 0 aliphatic rings. The van der Waals surface area contributed by atoms with E-state index >= 15 is 0 Å². The molecule has 0 saturated heterocycles. The van der Waals surface area contributed by atoms with Crippen molar-refractivity contribution in [1.82, 2.24) is 5.32 Å². The maximum atomic E-state index is 13.7. The minimum Gasteiger partial charge on any atom is -0.489 e. The Balaban J connectivity index is 1.69. The molecule has 1 N–H and O–H groups in total. The second kappa shape index (κ2) is 10.0. The molecule has 0 aromatic heterocycles. The molecule has 150 valence electrons. The van der Waals surface area contributed by atoms with E-state index in [9.17, 15) is 14.4 Å². The van der Waals surface area contributed by atoms with Crippen LogP contribution in [0.1, 0.15) is 29.7 Å². The Morgan fingerprint density at radius 1 is 1.10 bits per heavy atom. The van der Waals surface area contributed by atoms with Gasteiger partial charge in [-0.1, -0.05) is 60.7 Å². The molecule has 0 spiro atoms. The van der Waals surface area contributed by atoms with Crippen molar-refractivity contribution in [1.29, 1.82) is 5.26 Å². The van der Waals surface area contributed by atoms with Crippen LogP contribution >= 0.6 is 0 Å². The monoisotopic (exact) mass is 400 g/mol. The third kappa shape index (κ3) is 5.55. The lowest BCUT2D eigenvalue weighted by Gasteiger charge is -2.13. The van der Waals surface area contributed by atoms with Gasteiger partial charge in [0, 0.05) is 5.56 Å². The van der Waals surface area contributed by atoms with Crippen LogP contribution < -0.4 is 10.1 Å². The van der Waals surface area contributed by atoms with E-state index in [-0.39, 0.29) is 24.0 Å². The van der Waals surface area contributed by atoms with Crippen LogP contribution in [-0.4, -0.2) is 5.91 Å². The number of nitriles is 1. The number of halogens is 1. The number of ether oxygens (including phenoxy) is 1. The highest BCUT2D eigenvalue weighted by Crippen LogP contribution is 2.19. The lowest BCUT2D eigenvalue weighted by Crippen LogP contribution is -2.27. The van der Waals surface area contributed by atoms with E-state index in [1.807, 2.05) is 43.3 Å². The van der Waals surface area contributed by atoms with Crippen molar-refractivity contribution in [3.05, 3.63) is 107 Å². The van der Waals surface area contributed by atoms with Gasteiger partial charge in [-0.05, 0) is 42.3 Å². The second-order valence-corrected chi connectivity index (χ2v) is 6.73. The van der Waals surface area contributed by atoms with E-state index in [1.54, 1.807) is 42.5 Å². The molecule has 3 rings (SSSR count). The van der Waals surface area contributed by atoms with Gasteiger partial charge < -0.3 is 10.1 Å². The minimum atomic E-state index is -0.452. The quantitative estimate of drug-likeness (QED) is 0.439. The van der Waals surface area contributed by atoms with Crippen molar-refractivity contribution in [3.8, 4) is 11.8 Å². The summed E-state index contributed by atoms with van der Waals surface area (Å²) >= 11 is 0. The van der Waals surface area contributed by atoms with Crippen LogP contribution in [0.5, 0.6) is 5.75 Å². The molecule has 4 nitrogen and oxygen atoms in total. The highest BCUT2D eigenvalue weighted by atomic mass is 19.1. The first kappa shape index (κ1) is 20.8. The lowest BCUT2D eigenvalue weighted by atomic mass is 10.1. The summed E-state index contributed by atoms with van der Waals surface area (Å²) in [6, 6.07) is 24.6. The van der Waals surface area contributed by atoms with Gasteiger partial charge in [0.2, 0.25) is 0 Å². The van der Waals surface area contributed by atoms with E-state index in [4.69, 9.17) is 4.74 Å². The lowest BCUT2D eigenvalue weighted by molar-refractivity contribution is -0.117. The van der Waals surface area contributed by atoms with Crippen LogP contribution in [0.3, 0.4) is 0 Å². The first-order chi connectivity index (χ1) is 14.6. The summed E-state index contributed by atoms with van der Waals surface area (Å²) in [5.41, 5.74) is 2.03. The predicted octanol–water partition coefficient (Wildman–Crippen LogP) is 5.19. The highest BCUT2D eigenvalue weighted by Gasteiger charge is 2.14. The molecule has 0 aliphatic heterocycles. The number of carbonyl (C=O) groups excluding carboxylic acids is 1. The maximum absolute atomic E-state index is 13.7. The van der Waals surface area contributed by atoms with E-state index < -0.39 is 5.91 Å². The molecule has 30 heavy (non-hydrogen) atoms. The molecule has 3 aromatic rings. The number of benzene rings is 3. The van der Waals surface area contributed by atoms with Gasteiger partial charge in [0.25, 0.3) is 5.91 Å². The number of amides is 1. The normalized spacial score (nSPS) is 12.0. The van der Waals surface area contributed by atoms with Crippen LogP contribution in [0, 0.1) is 17.1 Å². The summed E-state index contributed by atoms with van der Waals surface area (Å²) in [5.74, 6) is -0.265. The molecule has 0 aliphatic carbocycles. The van der Waals surface area contributed by atoms with Gasteiger partial charge in [0.1, 0.15) is 29.8 Å². The summed E-state index contributed by atoms with van der Waals surface area (Å²) in [6.45, 7) is 1.94. The number of hydrogen-bond donors (Lipinski definition) is 1. The van der Waals surface area contributed by atoms with Crippen molar-refractivity contribution in [3.63, 3.8) is 0 Å². The molecule has 5 heteroatoms. The molecular weight excluding hydrogens is 379 g/mol. The van der Waals surface area contributed by atoms with Crippen LogP contribution in [0.4, 0.5) is 4.39 Å². The summed E-state index contributed by atoms with van der Waals surface area (Å²) in [5, 5.41) is 12.3. The zero-order valence-corrected chi connectivity index (χ0v) is 16.5. The zero-order chi connectivity index (χ0) is 21.3. The molecule has 0 bridgehead atoms. The molecule has 0 heterocycles. The number of hydrogen-bond acceptors (Lipinski definition) is 3.